The van der Waals surface area contributed by atoms with Crippen LogP contribution in [0.5, 0.6) is 0 Å². The van der Waals surface area contributed by atoms with Gasteiger partial charge in [0.25, 0.3) is 0 Å². The molecule has 2 aliphatic rings. The molecule has 2 aromatic heterocycles. The Labute approximate surface area is 241 Å². The van der Waals surface area contributed by atoms with Crippen LogP contribution in [-0.2, 0) is 35.7 Å². The van der Waals surface area contributed by atoms with Gasteiger partial charge in [-0.1, -0.05) is 23.7 Å². The molecule has 4 heterocycles. The Kier molecular flexibility index (Phi) is 8.29. The zero-order chi connectivity index (χ0) is 29.4. The highest BCUT2D eigenvalue weighted by molar-refractivity contribution is 7.88. The van der Waals surface area contributed by atoms with E-state index < -0.39 is 21.8 Å². The topological polar surface area (TPSA) is 98.4 Å². The molecule has 14 heteroatoms. The van der Waals surface area contributed by atoms with Crippen LogP contribution in [-0.4, -0.2) is 77.9 Å². The van der Waals surface area contributed by atoms with E-state index in [4.69, 9.17) is 16.7 Å². The molecule has 0 radical (unpaired) electrons. The van der Waals surface area contributed by atoms with Crippen molar-refractivity contribution >= 4 is 27.3 Å². The summed E-state index contributed by atoms with van der Waals surface area (Å²) in [5.74, 6) is 0. The molecule has 0 atom stereocenters. The van der Waals surface area contributed by atoms with Gasteiger partial charge in [0.1, 0.15) is 6.07 Å². The average molecular weight is 608 g/mol. The highest BCUT2D eigenvalue weighted by atomic mass is 35.5. The van der Waals surface area contributed by atoms with Crippen molar-refractivity contribution in [3.05, 3.63) is 64.1 Å². The number of aromatic nitrogens is 3. The lowest BCUT2D eigenvalue weighted by atomic mass is 10.0. The number of sulfonamides is 1. The summed E-state index contributed by atoms with van der Waals surface area (Å²) in [6, 6.07) is 6.99. The summed E-state index contributed by atoms with van der Waals surface area (Å²) in [5.41, 5.74) is 3.10. The van der Waals surface area contributed by atoms with Gasteiger partial charge in [-0.15, -0.1) is 0 Å². The summed E-state index contributed by atoms with van der Waals surface area (Å²) in [6.45, 7) is 4.88. The van der Waals surface area contributed by atoms with Gasteiger partial charge in [0.2, 0.25) is 10.0 Å². The van der Waals surface area contributed by atoms with Gasteiger partial charge in [0.05, 0.1) is 33.8 Å². The summed E-state index contributed by atoms with van der Waals surface area (Å²) in [4.78, 5) is 8.43. The number of halogens is 4. The number of alkyl halides is 3. The molecule has 0 bridgehead atoms. The second-order valence-electron chi connectivity index (χ2n) is 10.2. The first-order valence-electron chi connectivity index (χ1n) is 13.2. The Morgan fingerprint density at radius 1 is 1.05 bits per heavy atom. The summed E-state index contributed by atoms with van der Waals surface area (Å²) >= 11 is 6.33. The molecule has 0 unspecified atom stereocenters. The second kappa shape index (κ2) is 11.6. The molecule has 218 valence electrons. The lowest BCUT2D eigenvalue weighted by Gasteiger charge is -2.36. The number of hydrogen-bond donors (Lipinski definition) is 0. The van der Waals surface area contributed by atoms with Gasteiger partial charge in [0, 0.05) is 88.0 Å². The third kappa shape index (κ3) is 6.35. The van der Waals surface area contributed by atoms with E-state index in [2.05, 4.69) is 20.9 Å². The minimum absolute atomic E-state index is 0.134. The largest absolute Gasteiger partial charge is 0.416 e. The van der Waals surface area contributed by atoms with Crippen LogP contribution in [0.4, 0.5) is 18.9 Å². The van der Waals surface area contributed by atoms with Crippen molar-refractivity contribution < 1.29 is 21.6 Å². The fraction of sp³-hybridized carbons (Fsp3) is 0.444. The second-order valence-corrected chi connectivity index (χ2v) is 12.6. The van der Waals surface area contributed by atoms with Crippen LogP contribution in [0.1, 0.15) is 28.8 Å². The Morgan fingerprint density at radius 2 is 1.76 bits per heavy atom. The molecule has 3 aromatic rings. The third-order valence-corrected chi connectivity index (χ3v) is 9.11. The molecule has 0 N–H and O–H groups in total. The standard InChI is InChI=1S/C27H29ClF3N7O2S/c1-41(39,40)37-10-7-24-22(18-37)25(19-3-5-21(6-4-19)27(29,30)31)34-38(24)9-2-8-35-11-13-36(14-12-35)26-20(15-32)16-33-17-23(26)28/h3-6,16-17H,2,7-14,18H2,1H3. The van der Waals surface area contributed by atoms with Crippen molar-refractivity contribution in [3.63, 3.8) is 0 Å². The van der Waals surface area contributed by atoms with Gasteiger partial charge in [-0.3, -0.25) is 14.6 Å². The molecule has 41 heavy (non-hydrogen) atoms. The molecule has 5 rings (SSSR count). The fourth-order valence-electron chi connectivity index (χ4n) is 5.45. The number of nitriles is 1. The van der Waals surface area contributed by atoms with Crippen LogP contribution in [0, 0.1) is 11.3 Å². The molecule has 1 saturated heterocycles. The number of piperazine rings is 1. The monoisotopic (exact) mass is 607 g/mol. The van der Waals surface area contributed by atoms with Crippen LogP contribution in [0.3, 0.4) is 0 Å². The SMILES string of the molecule is CS(=O)(=O)N1CCc2c(c(-c3ccc(C(F)(F)F)cc3)nn2CCCN2CCN(c3c(Cl)cncc3C#N)CC2)C1. The summed E-state index contributed by atoms with van der Waals surface area (Å²) in [5, 5.41) is 14.7. The van der Waals surface area contributed by atoms with Crippen LogP contribution < -0.4 is 4.90 Å². The van der Waals surface area contributed by atoms with E-state index in [1.165, 1.54) is 22.6 Å². The van der Waals surface area contributed by atoms with E-state index >= 15 is 0 Å². The molecule has 0 spiro atoms. The lowest BCUT2D eigenvalue weighted by molar-refractivity contribution is -0.137. The highest BCUT2D eigenvalue weighted by Crippen LogP contribution is 2.34. The number of pyridine rings is 1. The Hall–Kier alpha value is -3.18. The lowest BCUT2D eigenvalue weighted by Crippen LogP contribution is -2.47. The molecule has 9 nitrogen and oxygen atoms in total. The van der Waals surface area contributed by atoms with Crippen LogP contribution in [0.15, 0.2) is 36.7 Å². The van der Waals surface area contributed by atoms with E-state index in [0.717, 1.165) is 68.8 Å². The van der Waals surface area contributed by atoms with Gasteiger partial charge < -0.3 is 4.90 Å². The molecular formula is C27H29ClF3N7O2S. The molecule has 0 amide bonds. The highest BCUT2D eigenvalue weighted by Gasteiger charge is 2.32. The summed E-state index contributed by atoms with van der Waals surface area (Å²) in [7, 11) is -3.44. The Bertz CT molecular complexity index is 1560. The minimum atomic E-state index is -4.45. The Balaban J connectivity index is 1.28. The van der Waals surface area contributed by atoms with Crippen molar-refractivity contribution in [3.8, 4) is 17.3 Å². The third-order valence-electron chi connectivity index (χ3n) is 7.58. The number of nitrogens with zero attached hydrogens (tertiary/aromatic N) is 7. The van der Waals surface area contributed by atoms with Crippen molar-refractivity contribution in [2.24, 2.45) is 0 Å². The maximum atomic E-state index is 13.1. The van der Waals surface area contributed by atoms with Gasteiger partial charge >= 0.3 is 6.18 Å². The maximum absolute atomic E-state index is 13.1. The van der Waals surface area contributed by atoms with Crippen molar-refractivity contribution in [2.45, 2.75) is 32.1 Å². The summed E-state index contributed by atoms with van der Waals surface area (Å²) < 4.78 is 67.1. The number of aryl methyl sites for hydroxylation is 1. The molecule has 2 aliphatic heterocycles. The molecular weight excluding hydrogens is 579 g/mol. The Morgan fingerprint density at radius 3 is 2.39 bits per heavy atom. The first kappa shape index (κ1) is 29.3. The van der Waals surface area contributed by atoms with E-state index in [-0.39, 0.29) is 6.54 Å². The molecule has 0 aliphatic carbocycles. The number of fused-ring (bicyclic) bond motifs is 1. The fourth-order valence-corrected chi connectivity index (χ4v) is 6.52. The molecule has 1 fully saturated rings. The maximum Gasteiger partial charge on any atom is 0.416 e. The van der Waals surface area contributed by atoms with Gasteiger partial charge in [-0.05, 0) is 18.6 Å². The minimum Gasteiger partial charge on any atom is -0.367 e. The average Bonchev–Trinajstić information content (AvgIpc) is 3.30. The zero-order valence-electron chi connectivity index (χ0n) is 22.4. The quantitative estimate of drug-likeness (QED) is 0.400. The van der Waals surface area contributed by atoms with Gasteiger partial charge in [-0.25, -0.2) is 8.42 Å². The van der Waals surface area contributed by atoms with Crippen molar-refractivity contribution in [1.29, 1.82) is 5.26 Å². The number of hydrogen-bond acceptors (Lipinski definition) is 7. The van der Waals surface area contributed by atoms with E-state index in [1.54, 1.807) is 6.20 Å². The van der Waals surface area contributed by atoms with Crippen LogP contribution >= 0.6 is 11.6 Å². The predicted molar refractivity (Wildman–Crippen MR) is 149 cm³/mol. The number of benzene rings is 1. The van der Waals surface area contributed by atoms with E-state index in [1.807, 2.05) is 4.68 Å². The smallest absolute Gasteiger partial charge is 0.367 e. The van der Waals surface area contributed by atoms with E-state index in [9.17, 15) is 26.9 Å². The van der Waals surface area contributed by atoms with E-state index in [0.29, 0.717) is 47.0 Å². The normalized spacial score (nSPS) is 16.9. The number of rotatable bonds is 7. The van der Waals surface area contributed by atoms with Crippen molar-refractivity contribution in [2.75, 3.05) is 50.4 Å². The van der Waals surface area contributed by atoms with Crippen LogP contribution in [0.25, 0.3) is 11.3 Å². The summed E-state index contributed by atoms with van der Waals surface area (Å²) in [6.07, 6.45) is 1.04. The van der Waals surface area contributed by atoms with Crippen molar-refractivity contribution in [1.82, 2.24) is 24.0 Å². The molecule has 1 aromatic carbocycles. The van der Waals surface area contributed by atoms with Gasteiger partial charge in [0.15, 0.2) is 0 Å². The zero-order valence-corrected chi connectivity index (χ0v) is 24.0. The van der Waals surface area contributed by atoms with Crippen LogP contribution in [0.2, 0.25) is 5.02 Å². The van der Waals surface area contributed by atoms with Gasteiger partial charge in [-0.2, -0.15) is 27.8 Å². The predicted octanol–water partition coefficient (Wildman–Crippen LogP) is 4.02. The number of anilines is 1. The molecule has 0 saturated carbocycles. The first-order chi connectivity index (χ1) is 19.5. The first-order valence-corrected chi connectivity index (χ1v) is 15.4.